The number of nitrogens with zero attached hydrogens (tertiary/aromatic N) is 5. The number of hydrogen-bond acceptors (Lipinski definition) is 4. The molecule has 1 aliphatic heterocycles. The molecule has 0 spiro atoms. The van der Waals surface area contributed by atoms with Crippen molar-refractivity contribution in [3.8, 4) is 0 Å². The van der Waals surface area contributed by atoms with Gasteiger partial charge < -0.3 is 15.2 Å². The molecule has 3 rings (SSSR count). The van der Waals surface area contributed by atoms with Crippen LogP contribution in [0, 0.1) is 0 Å². The first kappa shape index (κ1) is 15.5. The van der Waals surface area contributed by atoms with Crippen molar-refractivity contribution < 1.29 is 4.79 Å². The summed E-state index contributed by atoms with van der Waals surface area (Å²) < 4.78 is 1.81. The Morgan fingerprint density at radius 3 is 3.04 bits per heavy atom. The second-order valence-electron chi connectivity index (χ2n) is 5.57. The van der Waals surface area contributed by atoms with Crippen molar-refractivity contribution in [2.24, 2.45) is 0 Å². The predicted molar refractivity (Wildman–Crippen MR) is 85.8 cm³/mol. The lowest BCUT2D eigenvalue weighted by Gasteiger charge is -2.39. The van der Waals surface area contributed by atoms with Crippen molar-refractivity contribution in [3.63, 3.8) is 0 Å². The molecule has 0 aliphatic carbocycles. The van der Waals surface area contributed by atoms with Crippen LogP contribution >= 0.6 is 0 Å². The van der Waals surface area contributed by atoms with E-state index in [1.807, 2.05) is 23.4 Å². The summed E-state index contributed by atoms with van der Waals surface area (Å²) in [6.45, 7) is 6.56. The summed E-state index contributed by atoms with van der Waals surface area (Å²) in [5.74, 6) is 0.917. The highest BCUT2D eigenvalue weighted by Gasteiger charge is 2.30. The number of nitrogens with one attached hydrogen (secondary N) is 2. The lowest BCUT2D eigenvalue weighted by molar-refractivity contribution is 0.0897. The average molecular weight is 317 g/mol. The van der Waals surface area contributed by atoms with Gasteiger partial charge in [-0.05, 0) is 12.6 Å². The zero-order valence-electron chi connectivity index (χ0n) is 13.4. The molecule has 0 aromatic carbocycles. The minimum absolute atomic E-state index is 0.0236. The van der Waals surface area contributed by atoms with Crippen molar-refractivity contribution in [1.82, 2.24) is 34.9 Å². The van der Waals surface area contributed by atoms with E-state index in [0.29, 0.717) is 19.6 Å². The lowest BCUT2D eigenvalue weighted by atomic mass is 10.1. The highest BCUT2D eigenvalue weighted by Crippen LogP contribution is 2.22. The third kappa shape index (κ3) is 3.70. The number of amides is 2. The van der Waals surface area contributed by atoms with Gasteiger partial charge in [0.2, 0.25) is 0 Å². The fourth-order valence-corrected chi connectivity index (χ4v) is 2.92. The average Bonchev–Trinajstić information content (AvgIpc) is 3.27. The number of urea groups is 1. The van der Waals surface area contributed by atoms with E-state index < -0.39 is 0 Å². The van der Waals surface area contributed by atoms with Gasteiger partial charge in [-0.3, -0.25) is 9.58 Å². The molecule has 124 valence electrons. The van der Waals surface area contributed by atoms with E-state index in [1.54, 1.807) is 17.1 Å². The molecule has 0 radical (unpaired) electrons. The van der Waals surface area contributed by atoms with Crippen molar-refractivity contribution in [1.29, 1.82) is 0 Å². The number of aromatic nitrogens is 4. The van der Waals surface area contributed by atoms with Crippen molar-refractivity contribution in [2.45, 2.75) is 19.5 Å². The van der Waals surface area contributed by atoms with Crippen molar-refractivity contribution in [2.75, 3.05) is 32.7 Å². The van der Waals surface area contributed by atoms with Gasteiger partial charge >= 0.3 is 6.03 Å². The van der Waals surface area contributed by atoms with Crippen molar-refractivity contribution >= 4 is 6.03 Å². The first-order chi connectivity index (χ1) is 11.3. The summed E-state index contributed by atoms with van der Waals surface area (Å²) in [4.78, 5) is 24.1. The molecule has 0 saturated carbocycles. The standard InChI is InChI=1S/C15H23N7O/c1-2-20-10-11-21(12-13(20)14-16-5-6-17-14)15(23)18-7-9-22-8-3-4-19-22/h3-6,8,13H,2,7,9-12H2,1H3,(H,16,17)(H,18,23). The molecule has 1 saturated heterocycles. The predicted octanol–water partition coefficient (Wildman–Crippen LogP) is 0.695. The number of rotatable bonds is 5. The van der Waals surface area contributed by atoms with Gasteiger partial charge in [0.15, 0.2) is 0 Å². The number of H-pyrrole nitrogens is 1. The maximum atomic E-state index is 12.4. The Hall–Kier alpha value is -2.35. The highest BCUT2D eigenvalue weighted by molar-refractivity contribution is 5.74. The maximum Gasteiger partial charge on any atom is 0.317 e. The zero-order chi connectivity index (χ0) is 16.1. The van der Waals surface area contributed by atoms with Crippen LogP contribution in [-0.4, -0.2) is 68.3 Å². The van der Waals surface area contributed by atoms with Gasteiger partial charge in [-0.2, -0.15) is 5.10 Å². The topological polar surface area (TPSA) is 82.1 Å². The van der Waals surface area contributed by atoms with Gasteiger partial charge in [0.25, 0.3) is 0 Å². The molecular formula is C15H23N7O. The first-order valence-electron chi connectivity index (χ1n) is 8.01. The van der Waals surface area contributed by atoms with Gasteiger partial charge in [-0.15, -0.1) is 0 Å². The van der Waals surface area contributed by atoms with E-state index in [4.69, 9.17) is 0 Å². The summed E-state index contributed by atoms with van der Waals surface area (Å²) in [7, 11) is 0. The van der Waals surface area contributed by atoms with Gasteiger partial charge in [-0.25, -0.2) is 9.78 Å². The Kier molecular flexibility index (Phi) is 4.92. The fraction of sp³-hybridized carbons (Fsp3) is 0.533. The van der Waals surface area contributed by atoms with Gasteiger partial charge in [-0.1, -0.05) is 6.92 Å². The molecule has 1 aliphatic rings. The quantitative estimate of drug-likeness (QED) is 0.850. The van der Waals surface area contributed by atoms with Crippen LogP contribution in [0.3, 0.4) is 0 Å². The van der Waals surface area contributed by atoms with Crippen LogP contribution in [0.2, 0.25) is 0 Å². The Morgan fingerprint density at radius 2 is 2.35 bits per heavy atom. The number of hydrogen-bond donors (Lipinski definition) is 2. The van der Waals surface area contributed by atoms with E-state index in [1.165, 1.54) is 0 Å². The fourth-order valence-electron chi connectivity index (χ4n) is 2.92. The highest BCUT2D eigenvalue weighted by atomic mass is 16.2. The second kappa shape index (κ2) is 7.28. The molecule has 23 heavy (non-hydrogen) atoms. The zero-order valence-corrected chi connectivity index (χ0v) is 13.4. The van der Waals surface area contributed by atoms with E-state index >= 15 is 0 Å². The van der Waals surface area contributed by atoms with E-state index in [2.05, 4.69) is 32.2 Å². The smallest absolute Gasteiger partial charge is 0.317 e. The molecule has 2 amide bonds. The molecule has 1 fully saturated rings. The Morgan fingerprint density at radius 1 is 1.43 bits per heavy atom. The second-order valence-corrected chi connectivity index (χ2v) is 5.57. The van der Waals surface area contributed by atoms with Crippen LogP contribution < -0.4 is 5.32 Å². The number of likely N-dealkylation sites (N-methyl/N-ethyl adjacent to an activating group) is 1. The third-order valence-electron chi connectivity index (χ3n) is 4.20. The molecule has 8 nitrogen and oxygen atoms in total. The summed E-state index contributed by atoms with van der Waals surface area (Å²) in [6, 6.07) is 1.98. The molecule has 2 aromatic rings. The third-order valence-corrected chi connectivity index (χ3v) is 4.20. The molecule has 3 heterocycles. The van der Waals surface area contributed by atoms with Gasteiger partial charge in [0.1, 0.15) is 5.82 Å². The van der Waals surface area contributed by atoms with Crippen LogP contribution in [-0.2, 0) is 6.54 Å². The van der Waals surface area contributed by atoms with Gasteiger partial charge in [0.05, 0.1) is 12.6 Å². The Balaban J connectivity index is 1.54. The Labute approximate surface area is 135 Å². The molecule has 0 bridgehead atoms. The summed E-state index contributed by atoms with van der Waals surface area (Å²) in [5.41, 5.74) is 0. The number of aromatic amines is 1. The first-order valence-corrected chi connectivity index (χ1v) is 8.01. The number of imidazole rings is 1. The molecule has 2 N–H and O–H groups in total. The van der Waals surface area contributed by atoms with Crippen LogP contribution in [0.1, 0.15) is 18.8 Å². The monoisotopic (exact) mass is 317 g/mol. The largest absolute Gasteiger partial charge is 0.347 e. The molecular weight excluding hydrogens is 294 g/mol. The Bertz CT molecular complexity index is 595. The molecule has 1 unspecified atom stereocenters. The minimum atomic E-state index is -0.0236. The summed E-state index contributed by atoms with van der Waals surface area (Å²) in [5, 5.41) is 7.09. The minimum Gasteiger partial charge on any atom is -0.347 e. The normalized spacial score (nSPS) is 19.0. The molecule has 8 heteroatoms. The lowest BCUT2D eigenvalue weighted by Crippen LogP contribution is -2.53. The van der Waals surface area contributed by atoms with Crippen LogP contribution in [0.4, 0.5) is 4.79 Å². The SMILES string of the molecule is CCN1CCN(C(=O)NCCn2cccn2)CC1c1ncc[nH]1. The summed E-state index contributed by atoms with van der Waals surface area (Å²) in [6.07, 6.45) is 7.21. The number of piperazine rings is 1. The molecule has 2 aromatic heterocycles. The van der Waals surface area contributed by atoms with Crippen LogP contribution in [0.15, 0.2) is 30.9 Å². The number of carbonyl (C=O) groups is 1. The maximum absolute atomic E-state index is 12.4. The molecule has 1 atom stereocenters. The van der Waals surface area contributed by atoms with Crippen LogP contribution in [0.5, 0.6) is 0 Å². The number of carbonyl (C=O) groups excluding carboxylic acids is 1. The van der Waals surface area contributed by atoms with E-state index in [9.17, 15) is 4.79 Å². The van der Waals surface area contributed by atoms with E-state index in [-0.39, 0.29) is 12.1 Å². The van der Waals surface area contributed by atoms with Crippen LogP contribution in [0.25, 0.3) is 0 Å². The van der Waals surface area contributed by atoms with E-state index in [0.717, 1.165) is 25.5 Å². The van der Waals surface area contributed by atoms with Gasteiger partial charge in [0, 0.05) is 51.0 Å². The van der Waals surface area contributed by atoms with Crippen molar-refractivity contribution in [3.05, 3.63) is 36.7 Å². The summed E-state index contributed by atoms with van der Waals surface area (Å²) >= 11 is 0.